The van der Waals surface area contributed by atoms with E-state index in [1.54, 1.807) is 0 Å². The first-order chi connectivity index (χ1) is 12.9. The summed E-state index contributed by atoms with van der Waals surface area (Å²) in [6.45, 7) is -0.160. The van der Waals surface area contributed by atoms with Crippen molar-refractivity contribution in [3.63, 3.8) is 0 Å². The first kappa shape index (κ1) is 18.5. The van der Waals surface area contributed by atoms with E-state index in [-0.39, 0.29) is 36.4 Å². The Balaban J connectivity index is 1.71. The highest BCUT2D eigenvalue weighted by Crippen LogP contribution is 2.49. The van der Waals surface area contributed by atoms with Gasteiger partial charge in [0.25, 0.3) is 0 Å². The fraction of sp³-hybridized carbons (Fsp3) is 0.500. The average Bonchev–Trinajstić information content (AvgIpc) is 2.66. The van der Waals surface area contributed by atoms with Gasteiger partial charge in [0, 0.05) is 29.1 Å². The monoisotopic (exact) mass is 383 g/mol. The van der Waals surface area contributed by atoms with Gasteiger partial charge in [0.05, 0.1) is 24.4 Å². The minimum absolute atomic E-state index is 0.0294. The highest BCUT2D eigenvalue weighted by atomic mass is 19.4. The van der Waals surface area contributed by atoms with Crippen LogP contribution in [0.4, 0.5) is 23.2 Å². The molecule has 1 aromatic carbocycles. The van der Waals surface area contributed by atoms with Crippen LogP contribution in [-0.4, -0.2) is 23.9 Å². The van der Waals surface area contributed by atoms with Gasteiger partial charge in [-0.15, -0.1) is 0 Å². The van der Waals surface area contributed by atoms with Gasteiger partial charge in [0.1, 0.15) is 5.83 Å². The quantitative estimate of drug-likeness (QED) is 0.724. The molecule has 0 amide bonds. The summed E-state index contributed by atoms with van der Waals surface area (Å²) >= 11 is 0. The Morgan fingerprint density at radius 2 is 2.04 bits per heavy atom. The van der Waals surface area contributed by atoms with Crippen LogP contribution in [0.15, 0.2) is 42.3 Å². The lowest BCUT2D eigenvalue weighted by Gasteiger charge is -2.47. The van der Waals surface area contributed by atoms with Crippen molar-refractivity contribution in [2.45, 2.75) is 43.7 Å². The minimum Gasteiger partial charge on any atom is -0.394 e. The predicted octanol–water partition coefficient (Wildman–Crippen LogP) is 4.76. The lowest BCUT2D eigenvalue weighted by molar-refractivity contribution is -0.138. The summed E-state index contributed by atoms with van der Waals surface area (Å²) in [5.41, 5.74) is 0.375. The summed E-state index contributed by atoms with van der Waals surface area (Å²) < 4.78 is 58.9. The number of ether oxygens (including phenoxy) is 1. The van der Waals surface area contributed by atoms with Crippen molar-refractivity contribution < 1.29 is 27.4 Å². The predicted molar refractivity (Wildman–Crippen MR) is 92.7 cm³/mol. The highest BCUT2D eigenvalue weighted by molar-refractivity contribution is 5.58. The van der Waals surface area contributed by atoms with E-state index in [0.717, 1.165) is 18.6 Å². The SMILES string of the molecule is OC[C@H]1CC[C@@H]2[C@H](O1)c1cc(C(F)(F)F)ccc1N[C@H]2C1C=CC(F)=CC1. The molecule has 1 fully saturated rings. The van der Waals surface area contributed by atoms with Crippen LogP contribution >= 0.6 is 0 Å². The average molecular weight is 383 g/mol. The second-order valence-corrected chi connectivity index (χ2v) is 7.42. The van der Waals surface area contributed by atoms with Gasteiger partial charge >= 0.3 is 6.18 Å². The van der Waals surface area contributed by atoms with Gasteiger partial charge in [0.2, 0.25) is 0 Å². The zero-order valence-corrected chi connectivity index (χ0v) is 14.5. The molecule has 146 valence electrons. The molecule has 3 nitrogen and oxygen atoms in total. The molecule has 2 heterocycles. The molecule has 0 bridgehead atoms. The number of rotatable bonds is 2. The van der Waals surface area contributed by atoms with Gasteiger partial charge in [-0.25, -0.2) is 4.39 Å². The number of nitrogens with one attached hydrogen (secondary N) is 1. The first-order valence-electron chi connectivity index (χ1n) is 9.14. The Bertz CT molecular complexity index is 774. The van der Waals surface area contributed by atoms with Gasteiger partial charge < -0.3 is 15.2 Å². The fourth-order valence-electron chi connectivity index (χ4n) is 4.41. The minimum atomic E-state index is -4.43. The van der Waals surface area contributed by atoms with Crippen molar-refractivity contribution in [2.75, 3.05) is 11.9 Å². The molecule has 5 atom stereocenters. The van der Waals surface area contributed by atoms with Crippen molar-refractivity contribution in [2.24, 2.45) is 11.8 Å². The second-order valence-electron chi connectivity index (χ2n) is 7.42. The van der Waals surface area contributed by atoms with Gasteiger partial charge in [0.15, 0.2) is 0 Å². The van der Waals surface area contributed by atoms with Crippen LogP contribution in [-0.2, 0) is 10.9 Å². The van der Waals surface area contributed by atoms with Crippen LogP contribution < -0.4 is 5.32 Å². The van der Waals surface area contributed by atoms with Crippen molar-refractivity contribution >= 4 is 5.69 Å². The molecular weight excluding hydrogens is 362 g/mol. The number of hydrogen-bond acceptors (Lipinski definition) is 3. The van der Waals surface area contributed by atoms with Crippen LogP contribution in [0.3, 0.4) is 0 Å². The molecule has 1 saturated heterocycles. The number of fused-ring (bicyclic) bond motifs is 3. The van der Waals surface area contributed by atoms with E-state index in [2.05, 4.69) is 5.32 Å². The molecule has 2 aliphatic heterocycles. The number of anilines is 1. The Morgan fingerprint density at radius 3 is 2.70 bits per heavy atom. The number of benzene rings is 1. The molecule has 0 spiro atoms. The lowest BCUT2D eigenvalue weighted by atomic mass is 9.73. The lowest BCUT2D eigenvalue weighted by Crippen LogP contribution is -2.47. The Labute approximate surface area is 154 Å². The summed E-state index contributed by atoms with van der Waals surface area (Å²) in [5, 5.41) is 12.9. The summed E-state index contributed by atoms with van der Waals surface area (Å²) in [7, 11) is 0. The third-order valence-electron chi connectivity index (χ3n) is 5.77. The number of alkyl halides is 3. The third-order valence-corrected chi connectivity index (χ3v) is 5.77. The Hall–Kier alpha value is -1.86. The molecule has 7 heteroatoms. The summed E-state index contributed by atoms with van der Waals surface area (Å²) in [6, 6.07) is 3.58. The fourth-order valence-corrected chi connectivity index (χ4v) is 4.41. The molecule has 4 rings (SSSR count). The zero-order chi connectivity index (χ0) is 19.2. The number of allylic oxidation sites excluding steroid dienone is 3. The van der Waals surface area contributed by atoms with Crippen LogP contribution in [0.25, 0.3) is 0 Å². The van der Waals surface area contributed by atoms with Crippen LogP contribution in [0.2, 0.25) is 0 Å². The van der Waals surface area contributed by atoms with Gasteiger partial charge in [-0.1, -0.05) is 6.08 Å². The molecule has 2 N–H and O–H groups in total. The maximum Gasteiger partial charge on any atom is 0.416 e. The van der Waals surface area contributed by atoms with Gasteiger partial charge in [-0.05, 0) is 49.6 Å². The molecule has 0 saturated carbocycles. The molecule has 1 aliphatic carbocycles. The van der Waals surface area contributed by atoms with Gasteiger partial charge in [-0.3, -0.25) is 0 Å². The van der Waals surface area contributed by atoms with Crippen molar-refractivity contribution in [3.05, 3.63) is 53.4 Å². The molecule has 27 heavy (non-hydrogen) atoms. The topological polar surface area (TPSA) is 41.5 Å². The molecule has 0 radical (unpaired) electrons. The standard InChI is InChI=1S/C20H21F4NO2/c21-13-4-1-11(2-5-13)18-15-7-6-14(10-26)27-19(15)16-9-12(20(22,23)24)3-8-17(16)25-18/h1,3-5,8-9,11,14-15,18-19,25-26H,2,6-7,10H2/t11?,14-,15+,18+,19+/m1/s1. The van der Waals surface area contributed by atoms with E-state index in [9.17, 15) is 22.7 Å². The summed E-state index contributed by atoms with van der Waals surface area (Å²) in [5.74, 6) is -0.288. The van der Waals surface area contributed by atoms with E-state index in [1.807, 2.05) is 6.08 Å². The second kappa shape index (κ2) is 6.95. The van der Waals surface area contributed by atoms with E-state index >= 15 is 0 Å². The van der Waals surface area contributed by atoms with Crippen LogP contribution in [0, 0.1) is 11.8 Å². The van der Waals surface area contributed by atoms with Crippen molar-refractivity contribution in [1.82, 2.24) is 0 Å². The van der Waals surface area contributed by atoms with E-state index in [0.29, 0.717) is 24.1 Å². The highest BCUT2D eigenvalue weighted by Gasteiger charge is 2.45. The number of halogens is 4. The van der Waals surface area contributed by atoms with Crippen LogP contribution in [0.5, 0.6) is 0 Å². The molecule has 0 aromatic heterocycles. The normalized spacial score (nSPS) is 32.9. The van der Waals surface area contributed by atoms with Crippen molar-refractivity contribution in [1.29, 1.82) is 0 Å². The molecule has 3 aliphatic rings. The Kier molecular flexibility index (Phi) is 4.76. The summed E-state index contributed by atoms with van der Waals surface area (Å²) in [6.07, 6.45) is 1.35. The van der Waals surface area contributed by atoms with E-state index < -0.39 is 17.8 Å². The third kappa shape index (κ3) is 3.50. The zero-order valence-electron chi connectivity index (χ0n) is 14.5. The number of aliphatic hydroxyl groups excluding tert-OH is 1. The summed E-state index contributed by atoms with van der Waals surface area (Å²) in [4.78, 5) is 0. The first-order valence-corrected chi connectivity index (χ1v) is 9.14. The number of hydrogen-bond donors (Lipinski definition) is 2. The molecule has 1 unspecified atom stereocenters. The van der Waals surface area contributed by atoms with E-state index in [4.69, 9.17) is 4.74 Å². The van der Waals surface area contributed by atoms with Gasteiger partial charge in [-0.2, -0.15) is 13.2 Å². The number of aliphatic hydroxyl groups is 1. The maximum atomic E-state index is 13.3. The smallest absolute Gasteiger partial charge is 0.394 e. The Morgan fingerprint density at radius 1 is 1.22 bits per heavy atom. The molecule has 1 aromatic rings. The van der Waals surface area contributed by atoms with Crippen LogP contribution in [0.1, 0.15) is 36.5 Å². The van der Waals surface area contributed by atoms with E-state index in [1.165, 1.54) is 18.2 Å². The molecular formula is C20H21F4NO2. The maximum absolute atomic E-state index is 13.3. The largest absolute Gasteiger partial charge is 0.416 e. The van der Waals surface area contributed by atoms with Crippen molar-refractivity contribution in [3.8, 4) is 0 Å².